The molecule has 128 valence electrons. The highest BCUT2D eigenvalue weighted by Crippen LogP contribution is 2.13. The quantitative estimate of drug-likeness (QED) is 0.682. The molecule has 1 atom stereocenters. The molecule has 0 radical (unpaired) electrons. The van der Waals surface area contributed by atoms with Gasteiger partial charge in [-0.15, -0.1) is 5.10 Å². The van der Waals surface area contributed by atoms with E-state index in [0.717, 1.165) is 11.1 Å². The number of hydrogen-bond donors (Lipinski definition) is 2. The van der Waals surface area contributed by atoms with Gasteiger partial charge in [0.15, 0.2) is 0 Å². The molecule has 0 aliphatic heterocycles. The van der Waals surface area contributed by atoms with Crippen molar-refractivity contribution < 1.29 is 9.90 Å². The second-order valence-corrected chi connectivity index (χ2v) is 5.70. The van der Waals surface area contributed by atoms with Crippen LogP contribution in [0.4, 0.5) is 0 Å². The van der Waals surface area contributed by atoms with Crippen LogP contribution in [0.25, 0.3) is 0 Å². The molecular formula is C18H19N5O2. The zero-order chi connectivity index (χ0) is 17.5. The third kappa shape index (κ3) is 4.63. The van der Waals surface area contributed by atoms with Gasteiger partial charge >= 0.3 is 0 Å². The highest BCUT2D eigenvalue weighted by Gasteiger charge is 2.21. The molecule has 25 heavy (non-hydrogen) atoms. The third-order valence-corrected chi connectivity index (χ3v) is 3.91. The maximum absolute atomic E-state index is 12.6. The van der Waals surface area contributed by atoms with E-state index in [2.05, 4.69) is 20.8 Å². The first-order chi connectivity index (χ1) is 12.2. The SMILES string of the molecule is O=C(NCCc1ccc(O)cc1)[C@H](Cc1ccccc1)n1cnnn1. The van der Waals surface area contributed by atoms with Gasteiger partial charge in [0.1, 0.15) is 18.1 Å². The summed E-state index contributed by atoms with van der Waals surface area (Å²) in [6, 6.07) is 16.2. The minimum absolute atomic E-state index is 0.130. The minimum Gasteiger partial charge on any atom is -0.508 e. The van der Waals surface area contributed by atoms with Crippen molar-refractivity contribution in [2.45, 2.75) is 18.9 Å². The molecule has 7 heteroatoms. The van der Waals surface area contributed by atoms with Crippen molar-refractivity contribution in [3.8, 4) is 5.75 Å². The van der Waals surface area contributed by atoms with E-state index in [0.29, 0.717) is 19.4 Å². The number of nitrogens with zero attached hydrogens (tertiary/aromatic N) is 4. The van der Waals surface area contributed by atoms with Crippen molar-refractivity contribution in [1.82, 2.24) is 25.5 Å². The summed E-state index contributed by atoms with van der Waals surface area (Å²) in [6.07, 6.45) is 2.64. The number of hydrogen-bond acceptors (Lipinski definition) is 5. The number of carbonyl (C=O) groups is 1. The van der Waals surface area contributed by atoms with E-state index >= 15 is 0 Å². The van der Waals surface area contributed by atoms with Crippen LogP contribution < -0.4 is 5.32 Å². The third-order valence-electron chi connectivity index (χ3n) is 3.91. The second kappa shape index (κ2) is 8.05. The normalized spacial score (nSPS) is 11.8. The summed E-state index contributed by atoms with van der Waals surface area (Å²) in [5.41, 5.74) is 2.08. The number of amides is 1. The minimum atomic E-state index is -0.503. The van der Waals surface area contributed by atoms with Crippen LogP contribution in [-0.2, 0) is 17.6 Å². The zero-order valence-electron chi connectivity index (χ0n) is 13.6. The Kier molecular flexibility index (Phi) is 5.36. The maximum Gasteiger partial charge on any atom is 0.245 e. The standard InChI is InChI=1S/C18H19N5O2/c24-16-8-6-14(7-9-16)10-11-19-18(25)17(23-13-20-21-22-23)12-15-4-2-1-3-5-15/h1-9,13,17,24H,10-12H2,(H,19,25)/t17-/m0/s1. The van der Waals surface area contributed by atoms with E-state index < -0.39 is 6.04 Å². The van der Waals surface area contributed by atoms with Crippen molar-refractivity contribution in [3.63, 3.8) is 0 Å². The fourth-order valence-electron chi connectivity index (χ4n) is 2.57. The van der Waals surface area contributed by atoms with Gasteiger partial charge in [-0.05, 0) is 40.1 Å². The van der Waals surface area contributed by atoms with E-state index in [-0.39, 0.29) is 11.7 Å². The Labute approximate surface area is 145 Å². The summed E-state index contributed by atoms with van der Waals surface area (Å²) >= 11 is 0. The lowest BCUT2D eigenvalue weighted by molar-refractivity contribution is -0.124. The zero-order valence-corrected chi connectivity index (χ0v) is 13.6. The molecule has 2 aromatic carbocycles. The molecule has 1 aromatic heterocycles. The first-order valence-electron chi connectivity index (χ1n) is 8.04. The Morgan fingerprint density at radius 3 is 2.52 bits per heavy atom. The van der Waals surface area contributed by atoms with Crippen LogP contribution in [0.2, 0.25) is 0 Å². The Morgan fingerprint density at radius 2 is 1.84 bits per heavy atom. The monoisotopic (exact) mass is 337 g/mol. The molecule has 3 aromatic rings. The van der Waals surface area contributed by atoms with Gasteiger partial charge in [-0.1, -0.05) is 42.5 Å². The number of phenolic OH excluding ortho intramolecular Hbond substituents is 1. The van der Waals surface area contributed by atoms with Gasteiger partial charge in [-0.3, -0.25) is 4.79 Å². The van der Waals surface area contributed by atoms with Crippen molar-refractivity contribution in [2.24, 2.45) is 0 Å². The van der Waals surface area contributed by atoms with E-state index in [1.54, 1.807) is 12.1 Å². The molecule has 0 aliphatic carbocycles. The highest BCUT2D eigenvalue weighted by molar-refractivity contribution is 5.80. The van der Waals surface area contributed by atoms with Gasteiger partial charge in [0, 0.05) is 13.0 Å². The van der Waals surface area contributed by atoms with Crippen molar-refractivity contribution in [2.75, 3.05) is 6.54 Å². The van der Waals surface area contributed by atoms with Gasteiger partial charge in [0.25, 0.3) is 0 Å². The fraction of sp³-hybridized carbons (Fsp3) is 0.222. The molecule has 0 aliphatic rings. The molecule has 1 heterocycles. The summed E-state index contributed by atoms with van der Waals surface area (Å²) in [5, 5.41) is 23.4. The average Bonchev–Trinajstić information content (AvgIpc) is 3.16. The lowest BCUT2D eigenvalue weighted by Crippen LogP contribution is -2.35. The van der Waals surface area contributed by atoms with Crippen LogP contribution in [0.1, 0.15) is 17.2 Å². The smallest absolute Gasteiger partial charge is 0.245 e. The van der Waals surface area contributed by atoms with Crippen LogP contribution in [0, 0.1) is 0 Å². The topological polar surface area (TPSA) is 92.9 Å². The summed E-state index contributed by atoms with van der Waals surface area (Å²) < 4.78 is 1.48. The summed E-state index contributed by atoms with van der Waals surface area (Å²) in [7, 11) is 0. The number of benzene rings is 2. The van der Waals surface area contributed by atoms with Gasteiger partial charge < -0.3 is 10.4 Å². The molecule has 0 saturated carbocycles. The largest absolute Gasteiger partial charge is 0.508 e. The number of carbonyl (C=O) groups excluding carboxylic acids is 1. The predicted octanol–water partition coefficient (Wildman–Crippen LogP) is 1.52. The molecule has 0 saturated heterocycles. The number of phenols is 1. The lowest BCUT2D eigenvalue weighted by atomic mass is 10.1. The van der Waals surface area contributed by atoms with E-state index in [4.69, 9.17) is 0 Å². The number of tetrazole rings is 1. The molecule has 0 unspecified atom stereocenters. The fourth-order valence-corrected chi connectivity index (χ4v) is 2.57. The average molecular weight is 337 g/mol. The van der Waals surface area contributed by atoms with Crippen LogP contribution >= 0.6 is 0 Å². The van der Waals surface area contributed by atoms with Gasteiger partial charge in [-0.25, -0.2) is 4.68 Å². The summed E-state index contributed by atoms with van der Waals surface area (Å²) in [6.45, 7) is 0.497. The molecule has 7 nitrogen and oxygen atoms in total. The molecule has 2 N–H and O–H groups in total. The Balaban J connectivity index is 1.62. The van der Waals surface area contributed by atoms with Crippen LogP contribution in [0.15, 0.2) is 60.9 Å². The Hall–Kier alpha value is -3.22. The Morgan fingerprint density at radius 1 is 1.08 bits per heavy atom. The first kappa shape index (κ1) is 16.6. The molecule has 1 amide bonds. The summed E-state index contributed by atoms with van der Waals surface area (Å²) in [5.74, 6) is 0.101. The van der Waals surface area contributed by atoms with Crippen LogP contribution in [0.3, 0.4) is 0 Å². The van der Waals surface area contributed by atoms with Gasteiger partial charge in [0.2, 0.25) is 5.91 Å². The van der Waals surface area contributed by atoms with E-state index in [1.165, 1.54) is 11.0 Å². The van der Waals surface area contributed by atoms with Crippen LogP contribution in [-0.4, -0.2) is 37.8 Å². The molecule has 0 spiro atoms. The van der Waals surface area contributed by atoms with Gasteiger partial charge in [0.05, 0.1) is 0 Å². The van der Waals surface area contributed by atoms with Crippen molar-refractivity contribution in [1.29, 1.82) is 0 Å². The summed E-state index contributed by atoms with van der Waals surface area (Å²) in [4.78, 5) is 12.6. The number of aromatic nitrogens is 4. The molecule has 3 rings (SSSR count). The second-order valence-electron chi connectivity index (χ2n) is 5.70. The van der Waals surface area contributed by atoms with E-state index in [1.807, 2.05) is 42.5 Å². The van der Waals surface area contributed by atoms with Gasteiger partial charge in [-0.2, -0.15) is 0 Å². The number of aromatic hydroxyl groups is 1. The van der Waals surface area contributed by atoms with Crippen LogP contribution in [0.5, 0.6) is 5.75 Å². The first-order valence-corrected chi connectivity index (χ1v) is 8.04. The number of rotatable bonds is 7. The maximum atomic E-state index is 12.6. The molecule has 0 fully saturated rings. The highest BCUT2D eigenvalue weighted by atomic mass is 16.3. The van der Waals surface area contributed by atoms with E-state index in [9.17, 15) is 9.90 Å². The van der Waals surface area contributed by atoms with Crippen molar-refractivity contribution >= 4 is 5.91 Å². The Bertz CT molecular complexity index is 788. The molecular weight excluding hydrogens is 318 g/mol. The lowest BCUT2D eigenvalue weighted by Gasteiger charge is -2.16. The molecule has 0 bridgehead atoms. The number of nitrogens with one attached hydrogen (secondary N) is 1. The predicted molar refractivity (Wildman–Crippen MR) is 91.8 cm³/mol. The van der Waals surface area contributed by atoms with Crippen molar-refractivity contribution in [3.05, 3.63) is 72.1 Å².